The van der Waals surface area contributed by atoms with Crippen molar-refractivity contribution < 1.29 is 14.3 Å². The van der Waals surface area contributed by atoms with Crippen LogP contribution in [0, 0.1) is 17.7 Å². The van der Waals surface area contributed by atoms with Gasteiger partial charge in [0.05, 0.1) is 21.6 Å². The number of pyridine rings is 1. The summed E-state index contributed by atoms with van der Waals surface area (Å²) < 4.78 is 16.9. The largest absolute Gasteiger partial charge is 0.477 e. The van der Waals surface area contributed by atoms with Crippen LogP contribution in [0.25, 0.3) is 10.9 Å². The number of carboxylic acids is 1. The lowest BCUT2D eigenvalue weighted by Gasteiger charge is -2.23. The Balaban J connectivity index is 1.85. The van der Waals surface area contributed by atoms with E-state index < -0.39 is 17.2 Å². The molecule has 8 heteroatoms. The van der Waals surface area contributed by atoms with Crippen LogP contribution in [0.4, 0.5) is 10.1 Å². The number of halogens is 2. The molecule has 6 nitrogen and oxygen atoms in total. The molecule has 1 aliphatic carbocycles. The first-order valence-electron chi connectivity index (χ1n) is 10.1. The minimum absolute atomic E-state index is 0.0273. The zero-order chi connectivity index (χ0) is 20.9. The van der Waals surface area contributed by atoms with Crippen molar-refractivity contribution >= 4 is 34.2 Å². The van der Waals surface area contributed by atoms with E-state index >= 15 is 4.39 Å². The smallest absolute Gasteiger partial charge is 0.341 e. The van der Waals surface area contributed by atoms with Crippen LogP contribution in [-0.2, 0) is 0 Å². The predicted molar refractivity (Wildman–Crippen MR) is 112 cm³/mol. The Morgan fingerprint density at radius 3 is 2.72 bits per heavy atom. The van der Waals surface area contributed by atoms with Crippen LogP contribution in [-0.4, -0.2) is 41.8 Å². The van der Waals surface area contributed by atoms with E-state index in [1.807, 2.05) is 4.90 Å². The van der Waals surface area contributed by atoms with E-state index in [0.29, 0.717) is 36.1 Å². The maximum atomic E-state index is 15.2. The second kappa shape index (κ2) is 7.61. The second-order valence-electron chi connectivity index (χ2n) is 8.18. The van der Waals surface area contributed by atoms with Crippen molar-refractivity contribution in [1.29, 1.82) is 0 Å². The van der Waals surface area contributed by atoms with Gasteiger partial charge in [0.25, 0.3) is 0 Å². The molecule has 2 aromatic rings. The number of benzene rings is 1. The quantitative estimate of drug-likeness (QED) is 0.746. The van der Waals surface area contributed by atoms with Crippen LogP contribution >= 0.6 is 11.6 Å². The van der Waals surface area contributed by atoms with E-state index in [2.05, 4.69) is 19.2 Å². The van der Waals surface area contributed by atoms with E-state index in [9.17, 15) is 14.7 Å². The summed E-state index contributed by atoms with van der Waals surface area (Å²) >= 11 is 6.70. The van der Waals surface area contributed by atoms with E-state index in [0.717, 1.165) is 32.0 Å². The fourth-order valence-corrected chi connectivity index (χ4v) is 4.74. The fraction of sp³-hybridized carbons (Fsp3) is 0.524. The number of rotatable bonds is 6. The zero-order valence-electron chi connectivity index (χ0n) is 16.5. The number of carbonyl (C=O) groups is 1. The molecule has 156 valence electrons. The van der Waals surface area contributed by atoms with Crippen molar-refractivity contribution in [3.05, 3.63) is 38.9 Å². The molecule has 4 rings (SSSR count). The summed E-state index contributed by atoms with van der Waals surface area (Å²) in [5.74, 6) is -1.14. The van der Waals surface area contributed by atoms with E-state index in [4.69, 9.17) is 11.6 Å². The number of nitrogens with one attached hydrogen (secondary N) is 1. The molecule has 2 heterocycles. The third-order valence-electron chi connectivity index (χ3n) is 6.10. The van der Waals surface area contributed by atoms with Crippen molar-refractivity contribution in [2.75, 3.05) is 31.1 Å². The fourth-order valence-electron chi connectivity index (χ4n) is 4.33. The Morgan fingerprint density at radius 1 is 1.38 bits per heavy atom. The molecule has 2 fully saturated rings. The molecule has 0 spiro atoms. The first-order valence-corrected chi connectivity index (χ1v) is 10.5. The Kier molecular flexibility index (Phi) is 5.29. The predicted octanol–water partition coefficient (Wildman–Crippen LogP) is 3.51. The van der Waals surface area contributed by atoms with E-state index in [1.54, 1.807) is 4.57 Å². The van der Waals surface area contributed by atoms with Gasteiger partial charge in [-0.3, -0.25) is 4.79 Å². The van der Waals surface area contributed by atoms with E-state index in [1.165, 1.54) is 6.20 Å². The highest BCUT2D eigenvalue weighted by Gasteiger charge is 2.34. The van der Waals surface area contributed by atoms with Gasteiger partial charge in [-0.1, -0.05) is 25.4 Å². The third kappa shape index (κ3) is 3.51. The number of nitrogens with zero attached hydrogens (tertiary/aromatic N) is 2. The molecule has 29 heavy (non-hydrogen) atoms. The monoisotopic (exact) mass is 421 g/mol. The number of aromatic carboxylic acids is 1. The Bertz CT molecular complexity index is 1030. The molecule has 2 unspecified atom stereocenters. The molecule has 1 aromatic heterocycles. The maximum Gasteiger partial charge on any atom is 0.341 e. The molecule has 0 amide bonds. The lowest BCUT2D eigenvalue weighted by Crippen LogP contribution is -2.28. The van der Waals surface area contributed by atoms with Crippen LogP contribution in [0.5, 0.6) is 0 Å². The van der Waals surface area contributed by atoms with Crippen molar-refractivity contribution in [3.8, 4) is 0 Å². The number of aromatic nitrogens is 1. The Labute approximate surface area is 173 Å². The third-order valence-corrected chi connectivity index (χ3v) is 6.45. The number of fused-ring (bicyclic) bond motifs is 1. The molecule has 1 saturated carbocycles. The number of carboxylic acid groups (broad SMARTS) is 1. The van der Waals surface area contributed by atoms with Gasteiger partial charge in [-0.15, -0.1) is 0 Å². The number of hydrogen-bond acceptors (Lipinski definition) is 4. The summed E-state index contributed by atoms with van der Waals surface area (Å²) in [6.45, 7) is 7.30. The topological polar surface area (TPSA) is 74.6 Å². The minimum Gasteiger partial charge on any atom is -0.477 e. The molecule has 1 aliphatic heterocycles. The minimum atomic E-state index is -1.31. The standard InChI is InChI=1S/C21H25ClFN3O3/c1-3-24-7-12-9-25(8-11(12)2)19-16(23)6-14-18(17(19)22)26(13-4-5-13)10-15(20(14)27)21(28)29/h6,10-13,24H,3-5,7-9H2,1-2H3,(H,28,29). The van der Waals surface area contributed by atoms with Crippen molar-refractivity contribution in [3.63, 3.8) is 0 Å². The normalized spacial score (nSPS) is 21.9. The molecule has 0 bridgehead atoms. The summed E-state index contributed by atoms with van der Waals surface area (Å²) in [6.07, 6.45) is 3.12. The lowest BCUT2D eigenvalue weighted by molar-refractivity contribution is 0.0695. The molecule has 1 saturated heterocycles. The average Bonchev–Trinajstić information content (AvgIpc) is 3.44. The van der Waals surface area contributed by atoms with Gasteiger partial charge in [-0.05, 0) is 43.8 Å². The summed E-state index contributed by atoms with van der Waals surface area (Å²) in [5, 5.41) is 13.0. The van der Waals surface area contributed by atoms with Crippen molar-refractivity contribution in [2.45, 2.75) is 32.7 Å². The molecular formula is C21H25ClFN3O3. The molecule has 2 aliphatic rings. The summed E-state index contributed by atoms with van der Waals surface area (Å²) in [4.78, 5) is 26.1. The van der Waals surface area contributed by atoms with E-state index in [-0.39, 0.29) is 22.0 Å². The van der Waals surface area contributed by atoms with Gasteiger partial charge < -0.3 is 19.9 Å². The number of anilines is 1. The lowest BCUT2D eigenvalue weighted by atomic mass is 9.98. The molecule has 2 N–H and O–H groups in total. The van der Waals surface area contributed by atoms with Gasteiger partial charge >= 0.3 is 5.97 Å². The first kappa shape index (κ1) is 20.2. The zero-order valence-corrected chi connectivity index (χ0v) is 17.3. The Morgan fingerprint density at radius 2 is 2.10 bits per heavy atom. The summed E-state index contributed by atoms with van der Waals surface area (Å²) in [7, 11) is 0. The summed E-state index contributed by atoms with van der Waals surface area (Å²) in [6, 6.07) is 1.25. The van der Waals surface area contributed by atoms with Gasteiger partial charge in [0.2, 0.25) is 5.43 Å². The van der Waals surface area contributed by atoms with Crippen molar-refractivity contribution in [1.82, 2.24) is 9.88 Å². The van der Waals surface area contributed by atoms with Gasteiger partial charge in [-0.2, -0.15) is 0 Å². The van der Waals surface area contributed by atoms with Crippen LogP contribution in [0.1, 0.15) is 43.1 Å². The Hall–Kier alpha value is -2.12. The number of hydrogen-bond donors (Lipinski definition) is 2. The molecule has 1 aromatic carbocycles. The van der Waals surface area contributed by atoms with Crippen LogP contribution in [0.15, 0.2) is 17.1 Å². The van der Waals surface area contributed by atoms with Crippen LogP contribution in [0.3, 0.4) is 0 Å². The van der Waals surface area contributed by atoms with Crippen molar-refractivity contribution in [2.24, 2.45) is 11.8 Å². The maximum absolute atomic E-state index is 15.2. The first-order chi connectivity index (χ1) is 13.8. The van der Waals surface area contributed by atoms with Gasteiger partial charge in [0.1, 0.15) is 11.4 Å². The van der Waals surface area contributed by atoms with Gasteiger partial charge in [-0.25, -0.2) is 9.18 Å². The molecule has 0 radical (unpaired) electrons. The highest BCUT2D eigenvalue weighted by Crippen LogP contribution is 2.43. The average molecular weight is 422 g/mol. The van der Waals surface area contributed by atoms with Crippen LogP contribution < -0.4 is 15.6 Å². The highest BCUT2D eigenvalue weighted by atomic mass is 35.5. The van der Waals surface area contributed by atoms with Gasteiger partial charge in [0, 0.05) is 25.3 Å². The highest BCUT2D eigenvalue weighted by molar-refractivity contribution is 6.38. The molecule has 2 atom stereocenters. The molecular weight excluding hydrogens is 397 g/mol. The SMILES string of the molecule is CCNCC1CN(c2c(F)cc3c(=O)c(C(=O)O)cn(C4CC4)c3c2Cl)CC1C. The summed E-state index contributed by atoms with van der Waals surface area (Å²) in [5.41, 5.74) is -0.310. The second-order valence-corrected chi connectivity index (χ2v) is 8.56. The van der Waals surface area contributed by atoms with Crippen LogP contribution in [0.2, 0.25) is 5.02 Å². The van der Waals surface area contributed by atoms with Gasteiger partial charge in [0.15, 0.2) is 0 Å².